The van der Waals surface area contributed by atoms with Gasteiger partial charge in [-0.25, -0.2) is 0 Å². The molecule has 0 fully saturated rings. The summed E-state index contributed by atoms with van der Waals surface area (Å²) in [6.07, 6.45) is 11.3. The zero-order valence-electron chi connectivity index (χ0n) is 12.6. The molecule has 0 N–H and O–H groups in total. The number of unbranched alkanes of at least 4 members (excludes halogenated alkanes) is 4. The molecule has 0 saturated heterocycles. The molecule has 1 heteroatoms. The summed E-state index contributed by atoms with van der Waals surface area (Å²) in [5, 5.41) is 0. The van der Waals surface area contributed by atoms with E-state index in [1.807, 2.05) is 0 Å². The molecule has 0 aromatic carbocycles. The first-order chi connectivity index (χ1) is 8.20. The summed E-state index contributed by atoms with van der Waals surface area (Å²) in [5.74, 6) is 4.65. The van der Waals surface area contributed by atoms with Crippen LogP contribution in [0.2, 0.25) is 0 Å². The highest BCUT2D eigenvalue weighted by Gasteiger charge is 2.10. The van der Waals surface area contributed by atoms with E-state index in [9.17, 15) is 0 Å². The van der Waals surface area contributed by atoms with E-state index >= 15 is 0 Å². The van der Waals surface area contributed by atoms with E-state index in [4.69, 9.17) is 0 Å². The van der Waals surface area contributed by atoms with Crippen molar-refractivity contribution in [3.8, 4) is 0 Å². The molecule has 0 aliphatic rings. The second-order valence-corrected chi connectivity index (χ2v) is 6.92. The van der Waals surface area contributed by atoms with Crippen LogP contribution in [-0.4, -0.2) is 11.5 Å². The fourth-order valence-electron chi connectivity index (χ4n) is 2.31. The van der Waals surface area contributed by atoms with Crippen LogP contribution < -0.4 is 0 Å². The molecule has 0 saturated carbocycles. The summed E-state index contributed by atoms with van der Waals surface area (Å²) in [5.41, 5.74) is 0. The van der Waals surface area contributed by atoms with Crippen LogP contribution in [0.4, 0.5) is 0 Å². The maximum absolute atomic E-state index is 2.37. The summed E-state index contributed by atoms with van der Waals surface area (Å²) in [4.78, 5) is 0. The Morgan fingerprint density at radius 3 is 2.18 bits per heavy atom. The van der Waals surface area contributed by atoms with Gasteiger partial charge in [-0.2, -0.15) is 11.8 Å². The van der Waals surface area contributed by atoms with E-state index in [1.165, 1.54) is 62.9 Å². The molecular weight excluding hydrogens is 224 g/mol. The van der Waals surface area contributed by atoms with Crippen LogP contribution in [0.3, 0.4) is 0 Å². The van der Waals surface area contributed by atoms with E-state index in [2.05, 4.69) is 39.5 Å². The summed E-state index contributed by atoms with van der Waals surface area (Å²) in [7, 11) is 0. The molecule has 0 aliphatic carbocycles. The number of hydrogen-bond donors (Lipinski definition) is 0. The Hall–Kier alpha value is 0.350. The molecule has 0 aromatic rings. The number of thioether (sulfide) groups is 1. The van der Waals surface area contributed by atoms with Crippen LogP contribution in [0.25, 0.3) is 0 Å². The topological polar surface area (TPSA) is 0 Å². The number of rotatable bonds is 12. The van der Waals surface area contributed by atoms with E-state index in [0.29, 0.717) is 0 Å². The molecule has 104 valence electrons. The summed E-state index contributed by atoms with van der Waals surface area (Å²) in [6.45, 7) is 9.33. The monoisotopic (exact) mass is 258 g/mol. The van der Waals surface area contributed by atoms with Crippen molar-refractivity contribution in [3.63, 3.8) is 0 Å². The van der Waals surface area contributed by atoms with Crippen molar-refractivity contribution in [2.75, 3.05) is 11.5 Å². The first-order valence-corrected chi connectivity index (χ1v) is 8.93. The molecular formula is C16H34S. The Morgan fingerprint density at radius 1 is 0.882 bits per heavy atom. The van der Waals surface area contributed by atoms with Gasteiger partial charge in [-0.15, -0.1) is 0 Å². The van der Waals surface area contributed by atoms with E-state index in [1.54, 1.807) is 0 Å². The summed E-state index contributed by atoms with van der Waals surface area (Å²) in [6, 6.07) is 0. The summed E-state index contributed by atoms with van der Waals surface area (Å²) < 4.78 is 0. The van der Waals surface area contributed by atoms with Gasteiger partial charge in [0.2, 0.25) is 0 Å². The molecule has 1 atom stereocenters. The zero-order chi connectivity index (χ0) is 12.9. The lowest BCUT2D eigenvalue weighted by molar-refractivity contribution is 0.410. The van der Waals surface area contributed by atoms with Gasteiger partial charge in [0.15, 0.2) is 0 Å². The second-order valence-electron chi connectivity index (χ2n) is 5.77. The van der Waals surface area contributed by atoms with Crippen molar-refractivity contribution >= 4 is 11.8 Å². The number of hydrogen-bond acceptors (Lipinski definition) is 1. The smallest absolute Gasteiger partial charge is 0.00390 e. The molecule has 0 rings (SSSR count). The van der Waals surface area contributed by atoms with Gasteiger partial charge >= 0.3 is 0 Å². The van der Waals surface area contributed by atoms with Crippen LogP contribution in [-0.2, 0) is 0 Å². The van der Waals surface area contributed by atoms with Gasteiger partial charge in [0, 0.05) is 0 Å². The molecule has 0 radical (unpaired) electrons. The van der Waals surface area contributed by atoms with Gasteiger partial charge in [-0.1, -0.05) is 59.8 Å². The van der Waals surface area contributed by atoms with Crippen molar-refractivity contribution in [1.82, 2.24) is 0 Å². The lowest BCUT2D eigenvalue weighted by Crippen LogP contribution is -2.08. The van der Waals surface area contributed by atoms with Crippen LogP contribution in [0, 0.1) is 11.8 Å². The predicted octanol–water partition coefficient (Wildman–Crippen LogP) is 6.15. The maximum Gasteiger partial charge on any atom is -0.00390 e. The van der Waals surface area contributed by atoms with Crippen molar-refractivity contribution in [3.05, 3.63) is 0 Å². The highest BCUT2D eigenvalue weighted by Crippen LogP contribution is 2.23. The standard InChI is InChI=1S/C16H34S/c1-5-7-9-10-12-17-14-16(11-8-6-2)13-15(3)4/h15-16H,5-14H2,1-4H3. The first-order valence-electron chi connectivity index (χ1n) is 7.78. The molecule has 0 nitrogen and oxygen atoms in total. The quantitative estimate of drug-likeness (QED) is 0.378. The molecule has 1 unspecified atom stereocenters. The molecule has 0 spiro atoms. The SMILES string of the molecule is CCCCCCSCC(CCCC)CC(C)C. The van der Waals surface area contributed by atoms with Gasteiger partial charge in [0.1, 0.15) is 0 Å². The molecule has 17 heavy (non-hydrogen) atoms. The normalized spacial score (nSPS) is 13.2. The van der Waals surface area contributed by atoms with Crippen molar-refractivity contribution in [2.24, 2.45) is 11.8 Å². The predicted molar refractivity (Wildman–Crippen MR) is 83.9 cm³/mol. The minimum absolute atomic E-state index is 0.873. The Morgan fingerprint density at radius 2 is 1.59 bits per heavy atom. The highest BCUT2D eigenvalue weighted by molar-refractivity contribution is 7.99. The van der Waals surface area contributed by atoms with Gasteiger partial charge < -0.3 is 0 Å². The maximum atomic E-state index is 2.37. The van der Waals surface area contributed by atoms with Crippen LogP contribution >= 0.6 is 11.8 Å². The second kappa shape index (κ2) is 12.8. The van der Waals surface area contributed by atoms with Crippen molar-refractivity contribution in [2.45, 2.75) is 79.1 Å². The Balaban J connectivity index is 3.53. The Labute approximate surface area is 114 Å². The van der Waals surface area contributed by atoms with Crippen molar-refractivity contribution < 1.29 is 0 Å². The largest absolute Gasteiger partial charge is 0.162 e. The Kier molecular flexibility index (Phi) is 13.1. The van der Waals surface area contributed by atoms with E-state index in [0.717, 1.165) is 11.8 Å². The lowest BCUT2D eigenvalue weighted by Gasteiger charge is -2.18. The molecule has 0 amide bonds. The lowest BCUT2D eigenvalue weighted by atomic mass is 9.94. The zero-order valence-corrected chi connectivity index (χ0v) is 13.5. The van der Waals surface area contributed by atoms with Gasteiger partial charge in [-0.05, 0) is 42.6 Å². The fraction of sp³-hybridized carbons (Fsp3) is 1.00. The third-order valence-electron chi connectivity index (χ3n) is 3.27. The molecule has 0 heterocycles. The average molecular weight is 259 g/mol. The third kappa shape index (κ3) is 12.6. The van der Waals surface area contributed by atoms with E-state index in [-0.39, 0.29) is 0 Å². The highest BCUT2D eigenvalue weighted by atomic mass is 32.2. The minimum atomic E-state index is 0.873. The van der Waals surface area contributed by atoms with Crippen LogP contribution in [0.15, 0.2) is 0 Å². The molecule has 0 bridgehead atoms. The van der Waals surface area contributed by atoms with Crippen LogP contribution in [0.5, 0.6) is 0 Å². The minimum Gasteiger partial charge on any atom is -0.162 e. The third-order valence-corrected chi connectivity index (χ3v) is 4.55. The van der Waals surface area contributed by atoms with Gasteiger partial charge in [-0.3, -0.25) is 0 Å². The molecule has 0 aromatic heterocycles. The molecule has 0 aliphatic heterocycles. The van der Waals surface area contributed by atoms with Gasteiger partial charge in [0.05, 0.1) is 0 Å². The van der Waals surface area contributed by atoms with Gasteiger partial charge in [0.25, 0.3) is 0 Å². The average Bonchev–Trinajstić information content (AvgIpc) is 2.29. The first kappa shape index (κ1) is 17.4. The fourth-order valence-corrected chi connectivity index (χ4v) is 3.52. The van der Waals surface area contributed by atoms with Crippen molar-refractivity contribution in [1.29, 1.82) is 0 Å². The van der Waals surface area contributed by atoms with E-state index < -0.39 is 0 Å². The van der Waals surface area contributed by atoms with Crippen LogP contribution in [0.1, 0.15) is 79.1 Å². The Bertz CT molecular complexity index is 142. The summed E-state index contributed by atoms with van der Waals surface area (Å²) >= 11 is 2.20.